The molecule has 2 aliphatic carbocycles. The van der Waals surface area contributed by atoms with Gasteiger partial charge in [-0.05, 0) is 70.6 Å². The minimum absolute atomic E-state index is 0.0607. The SMILES string of the molecule is CCC(CC(OC)C1CCN=C(/C=C\N)C1)c1nc(C23CC2(C(F)(F)F)C3)c2nc(C)c(C)nc2n1. The molecule has 0 aromatic carbocycles. The summed E-state index contributed by atoms with van der Waals surface area (Å²) in [6, 6.07) is 0. The molecular formula is C26H33F3N6O. The first-order valence-corrected chi connectivity index (χ1v) is 12.6. The number of aliphatic imine (C=N–C) groups is 1. The Morgan fingerprint density at radius 1 is 1.14 bits per heavy atom. The van der Waals surface area contributed by atoms with Crippen molar-refractivity contribution in [2.75, 3.05) is 13.7 Å². The van der Waals surface area contributed by atoms with Crippen LogP contribution in [0.2, 0.25) is 0 Å². The van der Waals surface area contributed by atoms with Gasteiger partial charge in [0.05, 0.1) is 28.6 Å². The van der Waals surface area contributed by atoms with E-state index >= 15 is 0 Å². The number of methoxy groups -OCH3 is 1. The van der Waals surface area contributed by atoms with Crippen LogP contribution < -0.4 is 5.73 Å². The summed E-state index contributed by atoms with van der Waals surface area (Å²) in [6.45, 7) is 6.42. The van der Waals surface area contributed by atoms with Gasteiger partial charge in [0, 0.05) is 30.7 Å². The molecule has 0 bridgehead atoms. The van der Waals surface area contributed by atoms with E-state index < -0.39 is 17.0 Å². The molecule has 0 spiro atoms. The lowest BCUT2D eigenvalue weighted by Gasteiger charge is -2.30. The van der Waals surface area contributed by atoms with Gasteiger partial charge in [0.2, 0.25) is 0 Å². The fraction of sp³-hybridized carbons (Fsp3) is 0.654. The van der Waals surface area contributed by atoms with Gasteiger partial charge in [-0.25, -0.2) is 19.9 Å². The number of hydrogen-bond acceptors (Lipinski definition) is 7. The predicted octanol–water partition coefficient (Wildman–Crippen LogP) is 4.85. The van der Waals surface area contributed by atoms with E-state index in [0.717, 1.165) is 25.0 Å². The largest absolute Gasteiger partial charge is 0.405 e. The van der Waals surface area contributed by atoms with Crippen molar-refractivity contribution in [2.24, 2.45) is 22.1 Å². The number of aromatic nitrogens is 4. The summed E-state index contributed by atoms with van der Waals surface area (Å²) >= 11 is 0. The molecule has 3 unspecified atom stereocenters. The van der Waals surface area contributed by atoms with E-state index in [-0.39, 0.29) is 30.8 Å². The Hall–Kier alpha value is -2.62. The normalized spacial score (nSPS) is 29.2. The summed E-state index contributed by atoms with van der Waals surface area (Å²) in [4.78, 5) is 23.4. The van der Waals surface area contributed by atoms with Gasteiger partial charge >= 0.3 is 6.18 Å². The molecule has 10 heteroatoms. The molecule has 5 rings (SSSR count). The van der Waals surface area contributed by atoms with Gasteiger partial charge in [-0.15, -0.1) is 0 Å². The van der Waals surface area contributed by atoms with Gasteiger partial charge in [0.25, 0.3) is 0 Å². The molecular weight excluding hydrogens is 469 g/mol. The lowest BCUT2D eigenvalue weighted by molar-refractivity contribution is -0.167. The maximum atomic E-state index is 13.9. The standard InChI is InChI=1S/C26H33F3N6O/c1-5-16(11-19(36-4)17-7-9-31-18(10-17)6-8-30)22-34-21(24-12-25(24,13-24)26(27,28)29)20-23(35-22)33-15(3)14(2)32-20/h6,8,16-17,19H,5,7,9-13,30H2,1-4H3/b8-6-. The number of aryl methyl sites for hydroxylation is 2. The number of alkyl halides is 3. The molecule has 3 aliphatic rings. The average molecular weight is 503 g/mol. The number of rotatable bonds is 8. The highest BCUT2D eigenvalue weighted by Gasteiger charge is 2.94. The van der Waals surface area contributed by atoms with Crippen LogP contribution in [0.15, 0.2) is 17.3 Å². The Balaban J connectivity index is 1.50. The third-order valence-electron chi connectivity index (χ3n) is 8.61. The first-order chi connectivity index (χ1) is 17.1. The number of halogens is 3. The summed E-state index contributed by atoms with van der Waals surface area (Å²) in [7, 11) is 1.71. The molecule has 2 aromatic rings. The van der Waals surface area contributed by atoms with Gasteiger partial charge in [-0.3, -0.25) is 4.99 Å². The molecule has 0 amide bonds. The predicted molar refractivity (Wildman–Crippen MR) is 131 cm³/mol. The fourth-order valence-electron chi connectivity index (χ4n) is 5.98. The van der Waals surface area contributed by atoms with Crippen molar-refractivity contribution in [1.29, 1.82) is 0 Å². The maximum Gasteiger partial charge on any atom is 0.395 e. The van der Waals surface area contributed by atoms with E-state index in [1.165, 1.54) is 6.20 Å². The van der Waals surface area contributed by atoms with Gasteiger partial charge in [-0.2, -0.15) is 13.2 Å². The zero-order valence-electron chi connectivity index (χ0n) is 21.2. The second-order valence-electron chi connectivity index (χ2n) is 10.6. The Bertz CT molecular complexity index is 1230. The summed E-state index contributed by atoms with van der Waals surface area (Å²) in [5.41, 5.74) is 6.48. The van der Waals surface area contributed by atoms with E-state index in [9.17, 15) is 13.2 Å². The molecule has 2 fully saturated rings. The summed E-state index contributed by atoms with van der Waals surface area (Å²) in [5, 5.41) is 0. The molecule has 36 heavy (non-hydrogen) atoms. The van der Waals surface area contributed by atoms with Gasteiger partial charge in [0.15, 0.2) is 5.65 Å². The monoisotopic (exact) mass is 502 g/mol. The zero-order valence-corrected chi connectivity index (χ0v) is 21.2. The highest BCUT2D eigenvalue weighted by molar-refractivity contribution is 5.95. The number of ether oxygens (including phenoxy) is 1. The van der Waals surface area contributed by atoms with Crippen molar-refractivity contribution in [3.8, 4) is 0 Å². The number of hydrogen-bond donors (Lipinski definition) is 1. The van der Waals surface area contributed by atoms with Crippen LogP contribution in [0.1, 0.15) is 74.3 Å². The Labute approximate surface area is 208 Å². The maximum absolute atomic E-state index is 13.9. The Morgan fingerprint density at radius 2 is 1.86 bits per heavy atom. The molecule has 0 radical (unpaired) electrons. The van der Waals surface area contributed by atoms with Crippen molar-refractivity contribution in [2.45, 2.75) is 82.9 Å². The van der Waals surface area contributed by atoms with Crippen LogP contribution >= 0.6 is 0 Å². The number of allylic oxidation sites excluding steroid dienone is 1. The van der Waals surface area contributed by atoms with Crippen LogP contribution in [0, 0.1) is 25.2 Å². The minimum atomic E-state index is -4.25. The molecule has 2 aromatic heterocycles. The van der Waals surface area contributed by atoms with E-state index in [4.69, 9.17) is 20.4 Å². The van der Waals surface area contributed by atoms with Crippen molar-refractivity contribution in [3.63, 3.8) is 0 Å². The van der Waals surface area contributed by atoms with Gasteiger partial charge in [0.1, 0.15) is 11.3 Å². The molecule has 3 heterocycles. The van der Waals surface area contributed by atoms with E-state index in [0.29, 0.717) is 47.0 Å². The smallest absolute Gasteiger partial charge is 0.395 e. The molecule has 0 saturated heterocycles. The summed E-state index contributed by atoms with van der Waals surface area (Å²) in [5.74, 6) is 0.721. The molecule has 194 valence electrons. The zero-order chi connectivity index (χ0) is 25.9. The Kier molecular flexibility index (Phi) is 6.08. The van der Waals surface area contributed by atoms with Crippen LogP contribution in [0.4, 0.5) is 13.2 Å². The number of nitrogens with two attached hydrogens (primary N) is 1. The first-order valence-electron chi connectivity index (χ1n) is 12.6. The van der Waals surface area contributed by atoms with Crippen molar-refractivity contribution in [1.82, 2.24) is 19.9 Å². The molecule has 2 saturated carbocycles. The van der Waals surface area contributed by atoms with Crippen molar-refractivity contribution in [3.05, 3.63) is 35.2 Å². The highest BCUT2D eigenvalue weighted by Crippen LogP contribution is 2.90. The molecule has 7 nitrogen and oxygen atoms in total. The van der Waals surface area contributed by atoms with Crippen LogP contribution in [-0.4, -0.2) is 51.6 Å². The van der Waals surface area contributed by atoms with Gasteiger partial charge in [-0.1, -0.05) is 6.92 Å². The van der Waals surface area contributed by atoms with E-state index in [1.54, 1.807) is 7.11 Å². The highest BCUT2D eigenvalue weighted by atomic mass is 19.4. The minimum Gasteiger partial charge on any atom is -0.405 e. The number of nitrogens with zero attached hydrogens (tertiary/aromatic N) is 5. The number of fused-ring (bicyclic) bond motifs is 2. The fourth-order valence-corrected chi connectivity index (χ4v) is 5.98. The van der Waals surface area contributed by atoms with Crippen LogP contribution in [0.25, 0.3) is 11.2 Å². The van der Waals surface area contributed by atoms with Crippen LogP contribution in [0.3, 0.4) is 0 Å². The summed E-state index contributed by atoms with van der Waals surface area (Å²) < 4.78 is 47.5. The summed E-state index contributed by atoms with van der Waals surface area (Å²) in [6.07, 6.45) is 2.23. The van der Waals surface area contributed by atoms with Crippen molar-refractivity contribution >= 4 is 16.9 Å². The van der Waals surface area contributed by atoms with Gasteiger partial charge < -0.3 is 10.5 Å². The molecule has 3 atom stereocenters. The molecule has 2 N–H and O–H groups in total. The van der Waals surface area contributed by atoms with Crippen LogP contribution in [-0.2, 0) is 10.2 Å². The molecule has 1 aliphatic heterocycles. The average Bonchev–Trinajstić information content (AvgIpc) is 3.69. The first kappa shape index (κ1) is 25.0. The second kappa shape index (κ2) is 8.75. The van der Waals surface area contributed by atoms with E-state index in [1.807, 2.05) is 26.8 Å². The Morgan fingerprint density at radius 3 is 2.47 bits per heavy atom. The van der Waals surface area contributed by atoms with Crippen molar-refractivity contribution < 1.29 is 17.9 Å². The van der Waals surface area contributed by atoms with Crippen LogP contribution in [0.5, 0.6) is 0 Å². The quantitative estimate of drug-likeness (QED) is 0.554. The van der Waals surface area contributed by atoms with E-state index in [2.05, 4.69) is 15.0 Å². The topological polar surface area (TPSA) is 99.2 Å². The lowest BCUT2D eigenvalue weighted by atomic mass is 9.84. The lowest BCUT2D eigenvalue weighted by Crippen LogP contribution is -2.30. The second-order valence-corrected chi connectivity index (χ2v) is 10.6. The third-order valence-corrected chi connectivity index (χ3v) is 8.61. The third kappa shape index (κ3) is 3.88.